The van der Waals surface area contributed by atoms with Gasteiger partial charge >= 0.3 is 0 Å². The zero-order valence-corrected chi connectivity index (χ0v) is 13.7. The van der Waals surface area contributed by atoms with Crippen molar-refractivity contribution >= 4 is 15.8 Å². The maximum absolute atomic E-state index is 13.0. The van der Waals surface area contributed by atoms with Gasteiger partial charge in [-0.3, -0.25) is 0 Å². The molecule has 1 aliphatic heterocycles. The van der Waals surface area contributed by atoms with E-state index in [0.29, 0.717) is 18.9 Å². The maximum atomic E-state index is 13.0. The predicted molar refractivity (Wildman–Crippen MR) is 83.9 cm³/mol. The zero-order valence-electron chi connectivity index (χ0n) is 12.9. The van der Waals surface area contributed by atoms with Gasteiger partial charge in [-0.05, 0) is 46.0 Å². The molecule has 0 aliphatic carbocycles. The van der Waals surface area contributed by atoms with Gasteiger partial charge in [-0.15, -0.1) is 0 Å². The summed E-state index contributed by atoms with van der Waals surface area (Å²) in [6.45, 7) is 6.74. The molecule has 6 nitrogen and oxygen atoms in total. The first-order valence-corrected chi connectivity index (χ1v) is 8.80. The van der Waals surface area contributed by atoms with Crippen LogP contribution in [0.3, 0.4) is 0 Å². The van der Waals surface area contributed by atoms with Crippen molar-refractivity contribution in [2.75, 3.05) is 38.5 Å². The summed E-state index contributed by atoms with van der Waals surface area (Å²) in [4.78, 5) is 6.61. The number of aromatic nitrogens is 1. The third-order valence-electron chi connectivity index (χ3n) is 3.69. The molecule has 0 aromatic carbocycles. The highest BCUT2D eigenvalue weighted by atomic mass is 32.2. The van der Waals surface area contributed by atoms with Gasteiger partial charge in [-0.2, -0.15) is 4.31 Å². The van der Waals surface area contributed by atoms with Crippen molar-refractivity contribution in [3.05, 3.63) is 18.3 Å². The molecular formula is C14H24N4O2S. The van der Waals surface area contributed by atoms with Crippen LogP contribution in [0.25, 0.3) is 0 Å². The predicted octanol–water partition coefficient (Wildman–Crippen LogP) is 1.23. The van der Waals surface area contributed by atoms with Crippen molar-refractivity contribution in [3.63, 3.8) is 0 Å². The van der Waals surface area contributed by atoms with Gasteiger partial charge in [-0.1, -0.05) is 0 Å². The lowest BCUT2D eigenvalue weighted by Gasteiger charge is -2.27. The van der Waals surface area contributed by atoms with Gasteiger partial charge in [0.25, 0.3) is 0 Å². The smallest absolute Gasteiger partial charge is 0.247 e. The molecule has 0 radical (unpaired) electrons. The summed E-state index contributed by atoms with van der Waals surface area (Å²) in [6, 6.07) is 3.25. The van der Waals surface area contributed by atoms with Gasteiger partial charge in [0.15, 0.2) is 0 Å². The van der Waals surface area contributed by atoms with Crippen LogP contribution >= 0.6 is 0 Å². The summed E-state index contributed by atoms with van der Waals surface area (Å²) >= 11 is 0. The Balaban J connectivity index is 2.37. The molecule has 1 aromatic rings. The fourth-order valence-electron chi connectivity index (χ4n) is 2.73. The number of rotatable bonds is 4. The molecule has 21 heavy (non-hydrogen) atoms. The van der Waals surface area contributed by atoms with Crippen LogP contribution in [-0.2, 0) is 10.0 Å². The number of nitrogens with one attached hydrogen (secondary N) is 1. The second kappa shape index (κ2) is 6.72. The minimum atomic E-state index is -3.53. The largest absolute Gasteiger partial charge is 0.369 e. The molecule has 1 N–H and O–H groups in total. The summed E-state index contributed by atoms with van der Waals surface area (Å²) in [6.07, 6.45) is 2.45. The summed E-state index contributed by atoms with van der Waals surface area (Å²) in [5.74, 6) is 0.435. The Morgan fingerprint density at radius 2 is 2.19 bits per heavy atom. The lowest BCUT2D eigenvalue weighted by Crippen LogP contribution is -2.42. The molecule has 0 saturated carbocycles. The standard InChI is InChI=1S/C14H24N4O2S/c1-4-15-14-13(7-5-8-16-14)21(19,20)18-10-6-9-17(3)11-12(18)2/h5,7-8,12H,4,6,9-11H2,1-3H3,(H,15,16). The minimum Gasteiger partial charge on any atom is -0.369 e. The van der Waals surface area contributed by atoms with Gasteiger partial charge in [0.1, 0.15) is 10.7 Å². The lowest BCUT2D eigenvalue weighted by atomic mass is 10.3. The van der Waals surface area contributed by atoms with Crippen molar-refractivity contribution < 1.29 is 8.42 Å². The normalized spacial score (nSPS) is 22.0. The molecule has 2 heterocycles. The molecule has 1 saturated heterocycles. The van der Waals surface area contributed by atoms with E-state index in [1.807, 2.05) is 20.9 Å². The SMILES string of the molecule is CCNc1ncccc1S(=O)(=O)N1CCCN(C)CC1C. The Labute approximate surface area is 127 Å². The van der Waals surface area contributed by atoms with Crippen LogP contribution in [0.5, 0.6) is 0 Å². The third-order valence-corrected chi connectivity index (χ3v) is 5.73. The number of likely N-dealkylation sites (N-methyl/N-ethyl adjacent to an activating group) is 1. The van der Waals surface area contributed by atoms with Gasteiger partial charge < -0.3 is 10.2 Å². The number of hydrogen-bond acceptors (Lipinski definition) is 5. The van der Waals surface area contributed by atoms with E-state index in [9.17, 15) is 8.42 Å². The fourth-order valence-corrected chi connectivity index (χ4v) is 4.51. The van der Waals surface area contributed by atoms with E-state index in [-0.39, 0.29) is 10.9 Å². The minimum absolute atomic E-state index is 0.0443. The Kier molecular flexibility index (Phi) is 5.18. The first kappa shape index (κ1) is 16.2. The summed E-state index contributed by atoms with van der Waals surface area (Å²) in [7, 11) is -1.50. The van der Waals surface area contributed by atoms with Gasteiger partial charge in [0, 0.05) is 31.9 Å². The summed E-state index contributed by atoms with van der Waals surface area (Å²) in [5, 5.41) is 3.03. The van der Waals surface area contributed by atoms with Crippen LogP contribution in [-0.4, -0.2) is 61.9 Å². The molecule has 1 atom stereocenters. The maximum Gasteiger partial charge on any atom is 0.247 e. The Bertz CT molecular complexity index is 576. The number of hydrogen-bond donors (Lipinski definition) is 1. The molecular weight excluding hydrogens is 288 g/mol. The highest BCUT2D eigenvalue weighted by molar-refractivity contribution is 7.89. The average molecular weight is 312 g/mol. The molecule has 118 valence electrons. The Hall–Kier alpha value is -1.18. The first-order chi connectivity index (χ1) is 9.96. The molecule has 1 fully saturated rings. The summed E-state index contributed by atoms with van der Waals surface area (Å²) < 4.78 is 27.6. The number of sulfonamides is 1. The van der Waals surface area contributed by atoms with E-state index >= 15 is 0 Å². The molecule has 0 spiro atoms. The number of pyridine rings is 1. The van der Waals surface area contributed by atoms with Gasteiger partial charge in [0.05, 0.1) is 0 Å². The van der Waals surface area contributed by atoms with Crippen molar-refractivity contribution in [1.82, 2.24) is 14.2 Å². The van der Waals surface area contributed by atoms with E-state index in [2.05, 4.69) is 15.2 Å². The number of nitrogens with zero attached hydrogens (tertiary/aromatic N) is 3. The van der Waals surface area contributed by atoms with Crippen LogP contribution in [0.2, 0.25) is 0 Å². The second-order valence-corrected chi connectivity index (χ2v) is 7.32. The van der Waals surface area contributed by atoms with Gasteiger partial charge in [0.2, 0.25) is 10.0 Å². The quantitative estimate of drug-likeness (QED) is 0.906. The molecule has 7 heteroatoms. The monoisotopic (exact) mass is 312 g/mol. The van der Waals surface area contributed by atoms with Crippen LogP contribution in [0.15, 0.2) is 23.2 Å². The third kappa shape index (κ3) is 3.53. The molecule has 1 aromatic heterocycles. The molecule has 0 bridgehead atoms. The first-order valence-electron chi connectivity index (χ1n) is 7.36. The van der Waals surface area contributed by atoms with Crippen molar-refractivity contribution in [3.8, 4) is 0 Å². The molecule has 1 unspecified atom stereocenters. The highest BCUT2D eigenvalue weighted by Gasteiger charge is 2.33. The van der Waals surface area contributed by atoms with E-state index in [1.54, 1.807) is 22.6 Å². The lowest BCUT2D eigenvalue weighted by molar-refractivity contribution is 0.290. The van der Waals surface area contributed by atoms with Crippen molar-refractivity contribution in [2.45, 2.75) is 31.2 Å². The van der Waals surface area contributed by atoms with E-state index in [1.165, 1.54) is 0 Å². The van der Waals surface area contributed by atoms with Crippen LogP contribution in [0.1, 0.15) is 20.3 Å². The van der Waals surface area contributed by atoms with Gasteiger partial charge in [-0.25, -0.2) is 13.4 Å². The Morgan fingerprint density at radius 3 is 2.90 bits per heavy atom. The Morgan fingerprint density at radius 1 is 1.43 bits per heavy atom. The topological polar surface area (TPSA) is 65.5 Å². The summed E-state index contributed by atoms with van der Waals surface area (Å²) in [5.41, 5.74) is 0. The number of anilines is 1. The van der Waals surface area contributed by atoms with Crippen LogP contribution < -0.4 is 5.32 Å². The highest BCUT2D eigenvalue weighted by Crippen LogP contribution is 2.25. The van der Waals surface area contributed by atoms with Crippen LogP contribution in [0, 0.1) is 0 Å². The molecule has 1 aliphatic rings. The van der Waals surface area contributed by atoms with Crippen LogP contribution in [0.4, 0.5) is 5.82 Å². The molecule has 0 amide bonds. The second-order valence-electron chi connectivity index (χ2n) is 5.46. The van der Waals surface area contributed by atoms with E-state index in [0.717, 1.165) is 19.5 Å². The fraction of sp³-hybridized carbons (Fsp3) is 0.643. The van der Waals surface area contributed by atoms with Crippen molar-refractivity contribution in [1.29, 1.82) is 0 Å². The van der Waals surface area contributed by atoms with E-state index in [4.69, 9.17) is 0 Å². The average Bonchev–Trinajstić information content (AvgIpc) is 2.60. The van der Waals surface area contributed by atoms with E-state index < -0.39 is 10.0 Å². The van der Waals surface area contributed by atoms with Crippen molar-refractivity contribution in [2.24, 2.45) is 0 Å². The molecule has 2 rings (SSSR count). The zero-order chi connectivity index (χ0) is 15.5.